The van der Waals surface area contributed by atoms with Crippen molar-refractivity contribution in [2.75, 3.05) is 7.05 Å². The lowest BCUT2D eigenvalue weighted by molar-refractivity contribution is 0.0963. The molecule has 1 amide bonds. The van der Waals surface area contributed by atoms with Gasteiger partial charge in [0, 0.05) is 17.8 Å². The molecule has 1 radical (unpaired) electrons. The highest BCUT2D eigenvalue weighted by Crippen LogP contribution is 2.03. The van der Waals surface area contributed by atoms with Crippen LogP contribution in [-0.2, 0) is 0 Å². The van der Waals surface area contributed by atoms with Crippen molar-refractivity contribution in [3.8, 4) is 0 Å². The fraction of sp³-hybridized carbons (Fsp3) is 0.167. The van der Waals surface area contributed by atoms with Crippen molar-refractivity contribution in [1.29, 1.82) is 0 Å². The quantitative estimate of drug-likeness (QED) is 0.617. The maximum atomic E-state index is 10.8. The molecule has 0 saturated carbocycles. The average molecular weight is 140 g/mol. The molecule has 1 rings (SSSR count). The zero-order valence-corrected chi connectivity index (χ0v) is 5.79. The highest BCUT2D eigenvalue weighted by Gasteiger charge is 2.00. The minimum absolute atomic E-state index is 0.0486. The van der Waals surface area contributed by atoms with Crippen LogP contribution in [0.5, 0.6) is 0 Å². The summed E-state index contributed by atoms with van der Waals surface area (Å²) in [6.45, 7) is 0. The fourth-order valence-corrected chi connectivity index (χ4v) is 1.06. The van der Waals surface area contributed by atoms with Gasteiger partial charge < -0.3 is 5.32 Å². The Morgan fingerprint density at radius 2 is 2.67 bits per heavy atom. The van der Waals surface area contributed by atoms with E-state index in [0.29, 0.717) is 5.56 Å². The van der Waals surface area contributed by atoms with Crippen LogP contribution in [0.4, 0.5) is 0 Å². The van der Waals surface area contributed by atoms with Gasteiger partial charge in [-0.2, -0.15) is 0 Å². The summed E-state index contributed by atoms with van der Waals surface area (Å²) in [6.07, 6.45) is 0. The van der Waals surface area contributed by atoms with Crippen molar-refractivity contribution >= 4 is 17.2 Å². The number of carbonyl (C=O) groups is 1. The molecule has 1 aromatic rings. The Morgan fingerprint density at radius 3 is 3.11 bits per heavy atom. The first-order valence-electron chi connectivity index (χ1n) is 2.51. The van der Waals surface area contributed by atoms with Gasteiger partial charge in [-0.1, -0.05) is 0 Å². The van der Waals surface area contributed by atoms with Crippen LogP contribution >= 0.6 is 11.3 Å². The third-order valence-electron chi connectivity index (χ3n) is 0.958. The Kier molecular flexibility index (Phi) is 1.85. The van der Waals surface area contributed by atoms with Crippen molar-refractivity contribution in [1.82, 2.24) is 5.32 Å². The summed E-state index contributed by atoms with van der Waals surface area (Å²) in [5, 5.41) is 7.10. The highest BCUT2D eigenvalue weighted by molar-refractivity contribution is 7.07. The molecule has 1 heterocycles. The van der Waals surface area contributed by atoms with E-state index >= 15 is 0 Å². The van der Waals surface area contributed by atoms with E-state index in [-0.39, 0.29) is 5.91 Å². The molecule has 0 aromatic carbocycles. The lowest BCUT2D eigenvalue weighted by atomic mass is 10.3. The van der Waals surface area contributed by atoms with Crippen LogP contribution < -0.4 is 5.32 Å². The first-order valence-corrected chi connectivity index (χ1v) is 3.39. The molecule has 1 aromatic heterocycles. The second kappa shape index (κ2) is 2.64. The lowest BCUT2D eigenvalue weighted by Crippen LogP contribution is -2.16. The minimum Gasteiger partial charge on any atom is -0.355 e. The summed E-state index contributed by atoms with van der Waals surface area (Å²) >= 11 is 1.40. The maximum absolute atomic E-state index is 10.8. The highest BCUT2D eigenvalue weighted by atomic mass is 32.1. The number of thiophene rings is 1. The van der Waals surface area contributed by atoms with Crippen molar-refractivity contribution in [2.45, 2.75) is 0 Å². The Bertz CT molecular complexity index is 193. The Labute approximate surface area is 57.5 Å². The molecule has 0 saturated heterocycles. The molecule has 0 aliphatic heterocycles. The van der Waals surface area contributed by atoms with Crippen LogP contribution in [0.2, 0.25) is 0 Å². The molecule has 0 aliphatic rings. The second-order valence-electron chi connectivity index (χ2n) is 1.53. The molecular weight excluding hydrogens is 134 g/mol. The van der Waals surface area contributed by atoms with Gasteiger partial charge in [-0.05, 0) is 6.07 Å². The molecule has 2 nitrogen and oxygen atoms in total. The second-order valence-corrected chi connectivity index (χ2v) is 2.24. The van der Waals surface area contributed by atoms with E-state index in [9.17, 15) is 4.79 Å². The van der Waals surface area contributed by atoms with E-state index in [0.717, 1.165) is 0 Å². The molecule has 0 unspecified atom stereocenters. The van der Waals surface area contributed by atoms with Crippen LogP contribution in [0.1, 0.15) is 10.4 Å². The minimum atomic E-state index is -0.0486. The summed E-state index contributed by atoms with van der Waals surface area (Å²) in [4.78, 5) is 10.8. The normalized spacial score (nSPS) is 9.00. The molecule has 0 fully saturated rings. The van der Waals surface area contributed by atoms with Crippen molar-refractivity contribution < 1.29 is 4.79 Å². The molecule has 9 heavy (non-hydrogen) atoms. The third-order valence-corrected chi connectivity index (χ3v) is 1.58. The molecule has 3 heteroatoms. The summed E-state index contributed by atoms with van der Waals surface area (Å²) in [6, 6.07) is 1.67. The van der Waals surface area contributed by atoms with E-state index in [1.165, 1.54) is 11.3 Å². The molecule has 0 atom stereocenters. The van der Waals surface area contributed by atoms with Gasteiger partial charge in [-0.3, -0.25) is 4.79 Å². The van der Waals surface area contributed by atoms with Crippen LogP contribution in [0.3, 0.4) is 0 Å². The van der Waals surface area contributed by atoms with E-state index in [1.807, 2.05) is 0 Å². The zero-order valence-electron chi connectivity index (χ0n) is 4.97. The molecule has 0 aliphatic carbocycles. The largest absolute Gasteiger partial charge is 0.355 e. The van der Waals surface area contributed by atoms with Gasteiger partial charge in [0.25, 0.3) is 5.91 Å². The van der Waals surface area contributed by atoms with Crippen molar-refractivity contribution in [2.24, 2.45) is 0 Å². The van der Waals surface area contributed by atoms with Gasteiger partial charge in [0.2, 0.25) is 0 Å². The van der Waals surface area contributed by atoms with Gasteiger partial charge in [0.05, 0.1) is 5.56 Å². The summed E-state index contributed by atoms with van der Waals surface area (Å²) < 4.78 is 0. The molecule has 1 N–H and O–H groups in total. The Balaban J connectivity index is 2.77. The lowest BCUT2D eigenvalue weighted by Gasteiger charge is -1.90. The fourth-order valence-electron chi connectivity index (χ4n) is 0.492. The zero-order chi connectivity index (χ0) is 6.69. The van der Waals surface area contributed by atoms with Gasteiger partial charge >= 0.3 is 0 Å². The maximum Gasteiger partial charge on any atom is 0.251 e. The molecule has 0 bridgehead atoms. The number of nitrogens with one attached hydrogen (secondary N) is 1. The van der Waals surface area contributed by atoms with Crippen LogP contribution in [-0.4, -0.2) is 13.0 Å². The van der Waals surface area contributed by atoms with Gasteiger partial charge in [-0.15, -0.1) is 11.3 Å². The van der Waals surface area contributed by atoms with E-state index < -0.39 is 0 Å². The smallest absolute Gasteiger partial charge is 0.251 e. The molecule has 47 valence electrons. The SMILES string of the molecule is CNC(=O)c1c[c]sc1. The number of carbonyl (C=O) groups excluding carboxylic acids is 1. The van der Waals surface area contributed by atoms with E-state index in [1.54, 1.807) is 18.5 Å². The number of amides is 1. The predicted molar refractivity (Wildman–Crippen MR) is 36.5 cm³/mol. The predicted octanol–water partition coefficient (Wildman–Crippen LogP) is 0.908. The summed E-state index contributed by atoms with van der Waals surface area (Å²) in [7, 11) is 1.61. The van der Waals surface area contributed by atoms with Crippen LogP contribution in [0.25, 0.3) is 0 Å². The Hall–Kier alpha value is -0.830. The third kappa shape index (κ3) is 1.29. The topological polar surface area (TPSA) is 29.1 Å². The van der Waals surface area contributed by atoms with Crippen molar-refractivity contribution in [3.63, 3.8) is 0 Å². The van der Waals surface area contributed by atoms with Crippen LogP contribution in [0, 0.1) is 5.38 Å². The van der Waals surface area contributed by atoms with Gasteiger partial charge in [0.15, 0.2) is 0 Å². The standard InChI is InChI=1S/C6H6NOS/c1-7-6(8)5-2-3-9-4-5/h2,4H,1H3,(H,7,8). The molecule has 0 spiro atoms. The monoisotopic (exact) mass is 140 g/mol. The van der Waals surface area contributed by atoms with E-state index in [2.05, 4.69) is 10.7 Å². The first kappa shape index (κ1) is 6.29. The first-order chi connectivity index (χ1) is 4.34. The summed E-state index contributed by atoms with van der Waals surface area (Å²) in [5.74, 6) is -0.0486. The number of hydrogen-bond acceptors (Lipinski definition) is 2. The van der Waals surface area contributed by atoms with Gasteiger partial charge in [0.1, 0.15) is 0 Å². The number of hydrogen-bond donors (Lipinski definition) is 1. The van der Waals surface area contributed by atoms with Gasteiger partial charge in [-0.25, -0.2) is 0 Å². The Morgan fingerprint density at radius 1 is 1.89 bits per heavy atom. The average Bonchev–Trinajstić information content (AvgIpc) is 2.37. The number of rotatable bonds is 1. The van der Waals surface area contributed by atoms with Crippen molar-refractivity contribution in [3.05, 3.63) is 22.4 Å². The molecular formula is C6H6NOS. The van der Waals surface area contributed by atoms with E-state index in [4.69, 9.17) is 0 Å². The summed E-state index contributed by atoms with van der Waals surface area (Å²) in [5.41, 5.74) is 0.683. The van der Waals surface area contributed by atoms with Crippen LogP contribution in [0.15, 0.2) is 11.4 Å².